The molecule has 0 saturated carbocycles. The van der Waals surface area contributed by atoms with Crippen LogP contribution in [0.4, 0.5) is 0 Å². The molecule has 0 aromatic heterocycles. The molecule has 1 rings (SSSR count). The molecular formula is C12H23NO. The van der Waals surface area contributed by atoms with Crippen molar-refractivity contribution >= 4 is 5.78 Å². The van der Waals surface area contributed by atoms with Gasteiger partial charge in [0.2, 0.25) is 0 Å². The molecule has 1 aliphatic heterocycles. The molecule has 0 aliphatic carbocycles. The Morgan fingerprint density at radius 2 is 2.07 bits per heavy atom. The van der Waals surface area contributed by atoms with E-state index >= 15 is 0 Å². The van der Waals surface area contributed by atoms with Gasteiger partial charge in [-0.25, -0.2) is 0 Å². The van der Waals surface area contributed by atoms with Gasteiger partial charge in [0.1, 0.15) is 0 Å². The van der Waals surface area contributed by atoms with Crippen LogP contribution in [0.3, 0.4) is 0 Å². The fourth-order valence-corrected chi connectivity index (χ4v) is 2.37. The number of hydrogen-bond donors (Lipinski definition) is 0. The molecule has 0 radical (unpaired) electrons. The van der Waals surface area contributed by atoms with E-state index in [9.17, 15) is 4.79 Å². The molecule has 82 valence electrons. The van der Waals surface area contributed by atoms with E-state index in [-0.39, 0.29) is 12.0 Å². The van der Waals surface area contributed by atoms with E-state index in [0.29, 0.717) is 11.2 Å². The van der Waals surface area contributed by atoms with Crippen LogP contribution in [0.1, 0.15) is 41.0 Å². The molecule has 2 heteroatoms. The van der Waals surface area contributed by atoms with Crippen molar-refractivity contribution in [3.05, 3.63) is 0 Å². The highest BCUT2D eigenvalue weighted by molar-refractivity contribution is 5.86. The van der Waals surface area contributed by atoms with Crippen LogP contribution in [0.15, 0.2) is 0 Å². The van der Waals surface area contributed by atoms with Crippen molar-refractivity contribution in [1.82, 2.24) is 4.90 Å². The number of nitrogens with zero attached hydrogens (tertiary/aromatic N) is 1. The second-order valence-electron chi connectivity index (χ2n) is 5.50. The number of Topliss-reactive ketones (excluding diaryl/α,β-unsaturated/α-hetero) is 1. The Bertz CT molecular complexity index is 220. The lowest BCUT2D eigenvalue weighted by Crippen LogP contribution is -2.38. The lowest BCUT2D eigenvalue weighted by atomic mass is 9.88. The molecule has 1 fully saturated rings. The van der Waals surface area contributed by atoms with Crippen LogP contribution in [0.2, 0.25) is 0 Å². The van der Waals surface area contributed by atoms with Gasteiger partial charge in [0.25, 0.3) is 0 Å². The highest BCUT2D eigenvalue weighted by Gasteiger charge is 2.40. The average molecular weight is 197 g/mol. The summed E-state index contributed by atoms with van der Waals surface area (Å²) in [5, 5.41) is 0. The van der Waals surface area contributed by atoms with Crippen molar-refractivity contribution in [3.8, 4) is 0 Å². The van der Waals surface area contributed by atoms with Gasteiger partial charge in [-0.3, -0.25) is 9.69 Å². The van der Waals surface area contributed by atoms with Crippen molar-refractivity contribution in [2.75, 3.05) is 13.1 Å². The first kappa shape index (κ1) is 11.7. The number of carbonyl (C=O) groups is 1. The Balaban J connectivity index is 2.73. The van der Waals surface area contributed by atoms with Crippen molar-refractivity contribution < 1.29 is 4.79 Å². The fourth-order valence-electron chi connectivity index (χ4n) is 2.37. The molecule has 14 heavy (non-hydrogen) atoms. The number of likely N-dealkylation sites (N-methyl/N-ethyl adjacent to an activating group) is 1. The minimum Gasteiger partial charge on any atom is -0.298 e. The molecule has 0 aromatic carbocycles. The summed E-state index contributed by atoms with van der Waals surface area (Å²) in [6, 6.07) is 0.176. The van der Waals surface area contributed by atoms with Gasteiger partial charge in [0.15, 0.2) is 5.78 Å². The zero-order valence-corrected chi connectivity index (χ0v) is 10.1. The van der Waals surface area contributed by atoms with Crippen LogP contribution in [0.5, 0.6) is 0 Å². The van der Waals surface area contributed by atoms with Crippen LogP contribution in [0.25, 0.3) is 0 Å². The van der Waals surface area contributed by atoms with Gasteiger partial charge in [0, 0.05) is 12.5 Å². The maximum atomic E-state index is 12.0. The summed E-state index contributed by atoms with van der Waals surface area (Å²) in [6.45, 7) is 12.7. The summed E-state index contributed by atoms with van der Waals surface area (Å²) in [4.78, 5) is 14.3. The fraction of sp³-hybridized carbons (Fsp3) is 0.917. The Morgan fingerprint density at radius 3 is 2.50 bits per heavy atom. The van der Waals surface area contributed by atoms with Gasteiger partial charge in [-0.15, -0.1) is 0 Å². The number of rotatable bonds is 3. The molecule has 1 heterocycles. The molecular weight excluding hydrogens is 174 g/mol. The van der Waals surface area contributed by atoms with Crippen molar-refractivity contribution in [2.24, 2.45) is 11.3 Å². The SMILES string of the molecule is CCN1CC(C)(C)CC1C(=O)C(C)C. The lowest BCUT2D eigenvalue weighted by molar-refractivity contribution is -0.126. The third-order valence-corrected chi connectivity index (χ3v) is 3.12. The first-order chi connectivity index (χ1) is 6.37. The zero-order chi connectivity index (χ0) is 10.9. The van der Waals surface area contributed by atoms with Gasteiger partial charge >= 0.3 is 0 Å². The van der Waals surface area contributed by atoms with E-state index in [0.717, 1.165) is 19.5 Å². The van der Waals surface area contributed by atoms with E-state index in [1.54, 1.807) is 0 Å². The normalized spacial score (nSPS) is 27.1. The summed E-state index contributed by atoms with van der Waals surface area (Å²) >= 11 is 0. The van der Waals surface area contributed by atoms with Gasteiger partial charge in [0.05, 0.1) is 6.04 Å². The highest BCUT2D eigenvalue weighted by Crippen LogP contribution is 2.34. The predicted molar refractivity (Wildman–Crippen MR) is 59.3 cm³/mol. The average Bonchev–Trinajstić information content (AvgIpc) is 2.39. The highest BCUT2D eigenvalue weighted by atomic mass is 16.1. The molecule has 1 aliphatic rings. The van der Waals surface area contributed by atoms with Crippen LogP contribution < -0.4 is 0 Å². The Labute approximate surface area is 87.7 Å². The van der Waals surface area contributed by atoms with Crippen LogP contribution >= 0.6 is 0 Å². The quantitative estimate of drug-likeness (QED) is 0.692. The Kier molecular flexibility index (Phi) is 3.36. The second kappa shape index (κ2) is 4.01. The minimum absolute atomic E-state index is 0.169. The second-order valence-corrected chi connectivity index (χ2v) is 5.50. The maximum Gasteiger partial charge on any atom is 0.152 e. The van der Waals surface area contributed by atoms with E-state index in [4.69, 9.17) is 0 Å². The minimum atomic E-state index is 0.169. The number of ketones is 1. The molecule has 0 bridgehead atoms. The topological polar surface area (TPSA) is 20.3 Å². The molecule has 2 nitrogen and oxygen atoms in total. The molecule has 0 amide bonds. The first-order valence-corrected chi connectivity index (χ1v) is 5.65. The standard InChI is InChI=1S/C12H23NO/c1-6-13-8-12(4,5)7-10(13)11(14)9(2)3/h9-10H,6-8H2,1-5H3. The van der Waals surface area contributed by atoms with Gasteiger partial charge in [-0.05, 0) is 18.4 Å². The molecule has 1 saturated heterocycles. The maximum absolute atomic E-state index is 12.0. The van der Waals surface area contributed by atoms with Gasteiger partial charge < -0.3 is 0 Å². The number of carbonyl (C=O) groups excluding carboxylic acids is 1. The Morgan fingerprint density at radius 1 is 1.50 bits per heavy atom. The van der Waals surface area contributed by atoms with Gasteiger partial charge in [-0.2, -0.15) is 0 Å². The Hall–Kier alpha value is -0.370. The summed E-state index contributed by atoms with van der Waals surface area (Å²) in [6.07, 6.45) is 1.03. The summed E-state index contributed by atoms with van der Waals surface area (Å²) < 4.78 is 0. The summed E-state index contributed by atoms with van der Waals surface area (Å²) in [7, 11) is 0. The molecule has 1 atom stereocenters. The van der Waals surface area contributed by atoms with Crippen molar-refractivity contribution in [3.63, 3.8) is 0 Å². The monoisotopic (exact) mass is 197 g/mol. The van der Waals surface area contributed by atoms with Crippen molar-refractivity contribution in [1.29, 1.82) is 0 Å². The van der Waals surface area contributed by atoms with Crippen LogP contribution in [-0.4, -0.2) is 29.8 Å². The summed E-state index contributed by atoms with van der Waals surface area (Å²) in [5.41, 5.74) is 0.311. The predicted octanol–water partition coefficient (Wildman–Crippen LogP) is 2.33. The number of likely N-dealkylation sites (tertiary alicyclic amines) is 1. The molecule has 0 spiro atoms. The molecule has 0 aromatic rings. The lowest BCUT2D eigenvalue weighted by Gasteiger charge is -2.22. The summed E-state index contributed by atoms with van der Waals surface area (Å²) in [5.74, 6) is 0.584. The third-order valence-electron chi connectivity index (χ3n) is 3.12. The zero-order valence-electron chi connectivity index (χ0n) is 10.1. The van der Waals surface area contributed by atoms with Gasteiger partial charge in [-0.1, -0.05) is 34.6 Å². The van der Waals surface area contributed by atoms with E-state index < -0.39 is 0 Å². The van der Waals surface area contributed by atoms with Crippen molar-refractivity contribution in [2.45, 2.75) is 47.1 Å². The van der Waals surface area contributed by atoms with E-state index in [1.165, 1.54) is 0 Å². The van der Waals surface area contributed by atoms with Crippen LogP contribution in [-0.2, 0) is 4.79 Å². The number of hydrogen-bond acceptors (Lipinski definition) is 2. The third kappa shape index (κ3) is 2.35. The van der Waals surface area contributed by atoms with E-state index in [2.05, 4.69) is 25.7 Å². The van der Waals surface area contributed by atoms with E-state index in [1.807, 2.05) is 13.8 Å². The smallest absolute Gasteiger partial charge is 0.152 e. The molecule has 1 unspecified atom stereocenters. The molecule has 0 N–H and O–H groups in total. The van der Waals surface area contributed by atoms with Crippen LogP contribution in [0, 0.1) is 11.3 Å². The largest absolute Gasteiger partial charge is 0.298 e. The first-order valence-electron chi connectivity index (χ1n) is 5.65.